The quantitative estimate of drug-likeness (QED) is 0.783. The number of hydrogen-bond donors (Lipinski definition) is 2. The van der Waals surface area contributed by atoms with Gasteiger partial charge in [-0.25, -0.2) is 0 Å². The van der Waals surface area contributed by atoms with Gasteiger partial charge in [0.1, 0.15) is 5.41 Å². The highest BCUT2D eigenvalue weighted by Crippen LogP contribution is 2.46. The molecular weight excluding hydrogens is 332 g/mol. The van der Waals surface area contributed by atoms with E-state index in [0.717, 1.165) is 11.3 Å². The van der Waals surface area contributed by atoms with Crippen LogP contribution in [-0.4, -0.2) is 29.9 Å². The molecule has 1 fully saturated rings. The van der Waals surface area contributed by atoms with Gasteiger partial charge in [0.25, 0.3) is 0 Å². The third-order valence-electron chi connectivity index (χ3n) is 4.68. The van der Waals surface area contributed by atoms with Gasteiger partial charge in [-0.1, -0.05) is 30.3 Å². The number of nitrogens with zero attached hydrogens (tertiary/aromatic N) is 1. The Morgan fingerprint density at radius 1 is 1.04 bits per heavy atom. The summed E-state index contributed by atoms with van der Waals surface area (Å²) < 4.78 is 0. The number of carboxylic acid groups (broad SMARTS) is 1. The average Bonchev–Trinajstić information content (AvgIpc) is 3.45. The van der Waals surface area contributed by atoms with Crippen LogP contribution in [-0.2, 0) is 20.8 Å². The van der Waals surface area contributed by atoms with E-state index >= 15 is 0 Å². The van der Waals surface area contributed by atoms with E-state index in [1.165, 1.54) is 0 Å². The molecule has 3 rings (SSSR count). The van der Waals surface area contributed by atoms with Crippen molar-refractivity contribution >= 4 is 29.2 Å². The first-order chi connectivity index (χ1) is 12.4. The van der Waals surface area contributed by atoms with Crippen molar-refractivity contribution in [2.45, 2.75) is 19.3 Å². The minimum Gasteiger partial charge on any atom is -0.480 e. The highest BCUT2D eigenvalue weighted by atomic mass is 16.4. The second kappa shape index (κ2) is 7.00. The molecule has 2 amide bonds. The smallest absolute Gasteiger partial charge is 0.319 e. The fourth-order valence-corrected chi connectivity index (χ4v) is 2.71. The van der Waals surface area contributed by atoms with Crippen LogP contribution in [0, 0.1) is 5.41 Å². The van der Waals surface area contributed by atoms with Crippen LogP contribution < -0.4 is 10.2 Å². The summed E-state index contributed by atoms with van der Waals surface area (Å²) in [6.45, 7) is 0. The van der Waals surface area contributed by atoms with Gasteiger partial charge in [0, 0.05) is 18.4 Å². The number of anilines is 2. The first kappa shape index (κ1) is 17.7. The van der Waals surface area contributed by atoms with Crippen LogP contribution in [0.5, 0.6) is 0 Å². The minimum absolute atomic E-state index is 0.0456. The summed E-state index contributed by atoms with van der Waals surface area (Å²) in [5, 5.41) is 11.8. The van der Waals surface area contributed by atoms with Crippen molar-refractivity contribution in [3.05, 3.63) is 60.2 Å². The number of benzene rings is 2. The molecule has 2 aromatic rings. The molecule has 0 saturated heterocycles. The molecule has 1 aliphatic carbocycles. The second-order valence-electron chi connectivity index (χ2n) is 6.50. The lowest BCUT2D eigenvalue weighted by molar-refractivity contribution is -0.147. The van der Waals surface area contributed by atoms with Crippen LogP contribution >= 0.6 is 0 Å². The Hall–Kier alpha value is -3.15. The number of nitrogens with one attached hydrogen (secondary N) is 1. The largest absolute Gasteiger partial charge is 0.480 e. The maximum absolute atomic E-state index is 12.4. The molecule has 0 heterocycles. The number of carbonyl (C=O) groups is 3. The van der Waals surface area contributed by atoms with Crippen LogP contribution in [0.25, 0.3) is 0 Å². The first-order valence-electron chi connectivity index (χ1n) is 8.38. The Kier molecular flexibility index (Phi) is 4.75. The number of hydrogen-bond acceptors (Lipinski definition) is 3. The van der Waals surface area contributed by atoms with Crippen molar-refractivity contribution in [3.63, 3.8) is 0 Å². The fourth-order valence-electron chi connectivity index (χ4n) is 2.71. The number of aliphatic carboxylic acids is 1. The Balaban J connectivity index is 1.60. The molecular formula is C20H20N2O4. The van der Waals surface area contributed by atoms with Gasteiger partial charge in [-0.05, 0) is 42.7 Å². The van der Waals surface area contributed by atoms with Crippen LogP contribution in [0.2, 0.25) is 0 Å². The van der Waals surface area contributed by atoms with E-state index in [0.29, 0.717) is 18.5 Å². The Morgan fingerprint density at radius 2 is 1.65 bits per heavy atom. The van der Waals surface area contributed by atoms with Crippen molar-refractivity contribution in [2.24, 2.45) is 5.41 Å². The highest BCUT2D eigenvalue weighted by Gasteiger charge is 2.57. The van der Waals surface area contributed by atoms with E-state index in [1.54, 1.807) is 36.2 Å². The van der Waals surface area contributed by atoms with Crippen molar-refractivity contribution < 1.29 is 19.5 Å². The summed E-state index contributed by atoms with van der Waals surface area (Å²) in [5.74, 6) is -1.62. The molecule has 6 nitrogen and oxygen atoms in total. The lowest BCUT2D eigenvalue weighted by atomic mass is 10.1. The van der Waals surface area contributed by atoms with Crippen molar-refractivity contribution in [1.82, 2.24) is 0 Å². The van der Waals surface area contributed by atoms with Crippen molar-refractivity contribution in [1.29, 1.82) is 0 Å². The third-order valence-corrected chi connectivity index (χ3v) is 4.68. The van der Waals surface area contributed by atoms with Crippen LogP contribution in [0.4, 0.5) is 11.4 Å². The molecule has 2 N–H and O–H groups in total. The van der Waals surface area contributed by atoms with Crippen LogP contribution in [0.15, 0.2) is 54.6 Å². The molecule has 0 aromatic heterocycles. The van der Waals surface area contributed by atoms with Gasteiger partial charge in [-0.3, -0.25) is 14.4 Å². The molecule has 0 aliphatic heterocycles. The normalized spacial score (nSPS) is 14.3. The summed E-state index contributed by atoms with van der Waals surface area (Å²) in [5.41, 5.74) is 0.891. The molecule has 0 atom stereocenters. The maximum Gasteiger partial charge on any atom is 0.319 e. The zero-order valence-corrected chi connectivity index (χ0v) is 14.4. The van der Waals surface area contributed by atoms with E-state index in [4.69, 9.17) is 5.11 Å². The standard InChI is InChI=1S/C20H20N2O4/c1-22(16-5-3-2-4-6-16)17(23)13-14-7-9-15(10-8-14)21-18(24)20(11-12-20)19(25)26/h2-10H,11-13H2,1H3,(H,21,24)(H,25,26). The van der Waals surface area contributed by atoms with E-state index in [2.05, 4.69) is 5.32 Å². The van der Waals surface area contributed by atoms with E-state index in [9.17, 15) is 14.4 Å². The van der Waals surface area contributed by atoms with E-state index in [-0.39, 0.29) is 12.3 Å². The average molecular weight is 352 g/mol. The van der Waals surface area contributed by atoms with Gasteiger partial charge in [0.05, 0.1) is 6.42 Å². The summed E-state index contributed by atoms with van der Waals surface area (Å²) in [4.78, 5) is 37.2. The molecule has 0 bridgehead atoms. The third kappa shape index (κ3) is 3.59. The second-order valence-corrected chi connectivity index (χ2v) is 6.50. The van der Waals surface area contributed by atoms with Crippen molar-refractivity contribution in [3.8, 4) is 0 Å². The topological polar surface area (TPSA) is 86.7 Å². The van der Waals surface area contributed by atoms with Gasteiger partial charge < -0.3 is 15.3 Å². The molecule has 0 spiro atoms. The minimum atomic E-state index is -1.27. The summed E-state index contributed by atoms with van der Waals surface area (Å²) >= 11 is 0. The number of carboxylic acids is 1. The monoisotopic (exact) mass is 352 g/mol. The number of rotatable bonds is 6. The Labute approximate surface area is 151 Å². The summed E-state index contributed by atoms with van der Waals surface area (Å²) in [6.07, 6.45) is 0.970. The zero-order valence-electron chi connectivity index (χ0n) is 14.4. The lowest BCUT2D eigenvalue weighted by Gasteiger charge is -2.17. The maximum atomic E-state index is 12.4. The molecule has 1 saturated carbocycles. The Bertz CT molecular complexity index is 827. The predicted molar refractivity (Wildman–Crippen MR) is 97.9 cm³/mol. The molecule has 26 heavy (non-hydrogen) atoms. The Morgan fingerprint density at radius 3 is 2.19 bits per heavy atom. The molecule has 0 unspecified atom stereocenters. The van der Waals surface area contributed by atoms with Gasteiger partial charge in [0.2, 0.25) is 11.8 Å². The van der Waals surface area contributed by atoms with E-state index in [1.807, 2.05) is 30.3 Å². The number of para-hydroxylation sites is 1. The highest BCUT2D eigenvalue weighted by molar-refractivity contribution is 6.10. The summed E-state index contributed by atoms with van der Waals surface area (Å²) in [7, 11) is 1.73. The van der Waals surface area contributed by atoms with Gasteiger partial charge in [-0.2, -0.15) is 0 Å². The van der Waals surface area contributed by atoms with Gasteiger partial charge >= 0.3 is 5.97 Å². The van der Waals surface area contributed by atoms with Gasteiger partial charge in [0.15, 0.2) is 0 Å². The number of amides is 2. The predicted octanol–water partition coefficient (Wildman–Crippen LogP) is 2.70. The SMILES string of the molecule is CN(C(=O)Cc1ccc(NC(=O)C2(C(=O)O)CC2)cc1)c1ccccc1. The van der Waals surface area contributed by atoms with Crippen molar-refractivity contribution in [2.75, 3.05) is 17.3 Å². The van der Waals surface area contributed by atoms with Gasteiger partial charge in [-0.15, -0.1) is 0 Å². The molecule has 6 heteroatoms. The first-order valence-corrected chi connectivity index (χ1v) is 8.38. The zero-order chi connectivity index (χ0) is 18.7. The molecule has 2 aromatic carbocycles. The molecule has 1 aliphatic rings. The summed E-state index contributed by atoms with van der Waals surface area (Å²) in [6, 6.07) is 16.3. The van der Waals surface area contributed by atoms with Crippen LogP contribution in [0.1, 0.15) is 18.4 Å². The van der Waals surface area contributed by atoms with Crippen LogP contribution in [0.3, 0.4) is 0 Å². The van der Waals surface area contributed by atoms with E-state index < -0.39 is 17.3 Å². The fraction of sp³-hybridized carbons (Fsp3) is 0.250. The number of likely N-dealkylation sites (N-methyl/N-ethyl adjacent to an activating group) is 1. The molecule has 0 radical (unpaired) electrons. The molecule has 134 valence electrons. The lowest BCUT2D eigenvalue weighted by Crippen LogP contribution is -2.31. The number of carbonyl (C=O) groups excluding carboxylic acids is 2.